The van der Waals surface area contributed by atoms with E-state index in [1.54, 1.807) is 24.5 Å². The van der Waals surface area contributed by atoms with Crippen molar-refractivity contribution in [2.24, 2.45) is 0 Å². The Morgan fingerprint density at radius 3 is 3.00 bits per heavy atom. The number of rotatable bonds is 7. The molecule has 6 heteroatoms. The third kappa shape index (κ3) is 3.93. The van der Waals surface area contributed by atoms with Crippen LogP contribution in [-0.2, 0) is 6.42 Å². The second-order valence-electron chi connectivity index (χ2n) is 5.18. The van der Waals surface area contributed by atoms with Crippen molar-refractivity contribution in [3.8, 4) is 16.3 Å². The number of halogens is 1. The number of benzene rings is 1. The summed E-state index contributed by atoms with van der Waals surface area (Å²) in [6.45, 7) is 1.06. The summed E-state index contributed by atoms with van der Waals surface area (Å²) in [5.41, 5.74) is 0.946. The van der Waals surface area contributed by atoms with Gasteiger partial charge >= 0.3 is 0 Å². The number of aromatic nitrogens is 2. The minimum Gasteiger partial charge on any atom is -0.496 e. The minimum absolute atomic E-state index is 0.659. The number of nitrogens with one attached hydrogen (secondary N) is 1. The average Bonchev–Trinajstić information content (AvgIpc) is 3.20. The molecule has 1 aliphatic carbocycles. The van der Waals surface area contributed by atoms with Gasteiger partial charge in [-0.25, -0.2) is 0 Å². The lowest BCUT2D eigenvalue weighted by Crippen LogP contribution is -2.17. The van der Waals surface area contributed by atoms with Gasteiger partial charge in [-0.3, -0.25) is 0 Å². The number of methoxy groups -OCH3 is 1. The van der Waals surface area contributed by atoms with Crippen molar-refractivity contribution < 1.29 is 4.74 Å². The Hall–Kier alpha value is -1.17. The van der Waals surface area contributed by atoms with Gasteiger partial charge in [0.25, 0.3) is 0 Å². The normalized spacial score (nSPS) is 14.4. The Morgan fingerprint density at radius 2 is 2.24 bits per heavy atom. The molecule has 1 aromatic heterocycles. The Labute approximate surface area is 133 Å². The molecule has 1 fully saturated rings. The zero-order chi connectivity index (χ0) is 14.7. The minimum atomic E-state index is 0.659. The second-order valence-corrected chi connectivity index (χ2v) is 6.68. The van der Waals surface area contributed by atoms with Crippen LogP contribution in [0.3, 0.4) is 0 Å². The standard InChI is InChI=1S/C15H18ClN3OS/c1-20-13-9-10(16)4-7-12(13)15-19-18-14(21-15)3-2-8-17-11-5-6-11/h4,7,9,11,17H,2-3,5-6,8H2,1H3. The Balaban J connectivity index is 1.63. The fourth-order valence-corrected chi connectivity index (χ4v) is 3.21. The molecule has 1 aliphatic rings. The summed E-state index contributed by atoms with van der Waals surface area (Å²) >= 11 is 7.61. The van der Waals surface area contributed by atoms with Crippen LogP contribution in [0.15, 0.2) is 18.2 Å². The monoisotopic (exact) mass is 323 g/mol. The van der Waals surface area contributed by atoms with E-state index in [1.165, 1.54) is 12.8 Å². The van der Waals surface area contributed by atoms with Crippen molar-refractivity contribution in [3.05, 3.63) is 28.2 Å². The fourth-order valence-electron chi connectivity index (χ4n) is 2.14. The van der Waals surface area contributed by atoms with Gasteiger partial charge in [0.15, 0.2) is 5.01 Å². The number of aryl methyl sites for hydroxylation is 1. The highest BCUT2D eigenvalue weighted by molar-refractivity contribution is 7.14. The quantitative estimate of drug-likeness (QED) is 0.792. The lowest BCUT2D eigenvalue weighted by Gasteiger charge is -2.05. The van der Waals surface area contributed by atoms with E-state index in [4.69, 9.17) is 16.3 Å². The van der Waals surface area contributed by atoms with E-state index in [0.29, 0.717) is 5.02 Å². The van der Waals surface area contributed by atoms with Crippen molar-refractivity contribution in [2.45, 2.75) is 31.7 Å². The van der Waals surface area contributed by atoms with Crippen molar-refractivity contribution in [1.82, 2.24) is 15.5 Å². The molecule has 3 rings (SSSR count). The average molecular weight is 324 g/mol. The first kappa shape index (κ1) is 14.8. The molecule has 1 N–H and O–H groups in total. The van der Waals surface area contributed by atoms with Gasteiger partial charge in [0.2, 0.25) is 0 Å². The maximum absolute atomic E-state index is 5.98. The lowest BCUT2D eigenvalue weighted by molar-refractivity contribution is 0.416. The van der Waals surface area contributed by atoms with Crippen LogP contribution in [0.25, 0.3) is 10.6 Å². The first-order valence-corrected chi connectivity index (χ1v) is 8.35. The van der Waals surface area contributed by atoms with Crippen LogP contribution in [0.5, 0.6) is 5.75 Å². The molecule has 1 heterocycles. The molecular formula is C15H18ClN3OS. The van der Waals surface area contributed by atoms with Gasteiger partial charge in [0.05, 0.1) is 12.7 Å². The van der Waals surface area contributed by atoms with E-state index in [0.717, 1.165) is 46.8 Å². The highest BCUT2D eigenvalue weighted by Crippen LogP contribution is 2.34. The van der Waals surface area contributed by atoms with E-state index in [9.17, 15) is 0 Å². The molecule has 0 aliphatic heterocycles. The summed E-state index contributed by atoms with van der Waals surface area (Å²) in [7, 11) is 1.64. The van der Waals surface area contributed by atoms with Gasteiger partial charge in [-0.2, -0.15) is 0 Å². The van der Waals surface area contributed by atoms with Crippen LogP contribution in [-0.4, -0.2) is 29.9 Å². The summed E-state index contributed by atoms with van der Waals surface area (Å²) in [4.78, 5) is 0. The van der Waals surface area contributed by atoms with Crippen LogP contribution >= 0.6 is 22.9 Å². The van der Waals surface area contributed by atoms with Gasteiger partial charge in [0.1, 0.15) is 10.8 Å². The van der Waals surface area contributed by atoms with E-state index < -0.39 is 0 Å². The molecule has 0 atom stereocenters. The van der Waals surface area contributed by atoms with Crippen LogP contribution in [0.4, 0.5) is 0 Å². The maximum Gasteiger partial charge on any atom is 0.151 e. The van der Waals surface area contributed by atoms with Crippen molar-refractivity contribution in [2.75, 3.05) is 13.7 Å². The third-order valence-corrected chi connectivity index (χ3v) is 4.69. The topological polar surface area (TPSA) is 47.0 Å². The summed E-state index contributed by atoms with van der Waals surface area (Å²) in [6, 6.07) is 6.35. The Bertz CT molecular complexity index is 613. The van der Waals surface area contributed by atoms with Crippen LogP contribution in [0.2, 0.25) is 5.02 Å². The zero-order valence-electron chi connectivity index (χ0n) is 11.9. The SMILES string of the molecule is COc1cc(Cl)ccc1-c1nnc(CCCNC2CC2)s1. The smallest absolute Gasteiger partial charge is 0.151 e. The molecule has 21 heavy (non-hydrogen) atoms. The Kier molecular flexibility index (Phi) is 4.73. The summed E-state index contributed by atoms with van der Waals surface area (Å²) in [6.07, 6.45) is 4.73. The molecule has 1 saturated carbocycles. The van der Waals surface area contributed by atoms with Crippen LogP contribution in [0.1, 0.15) is 24.3 Å². The van der Waals surface area contributed by atoms with E-state index >= 15 is 0 Å². The maximum atomic E-state index is 5.98. The second kappa shape index (κ2) is 6.73. The summed E-state index contributed by atoms with van der Waals surface area (Å²) in [5.74, 6) is 0.737. The van der Waals surface area contributed by atoms with Crippen molar-refractivity contribution >= 4 is 22.9 Å². The Morgan fingerprint density at radius 1 is 1.38 bits per heavy atom. The fraction of sp³-hybridized carbons (Fsp3) is 0.467. The zero-order valence-corrected chi connectivity index (χ0v) is 13.5. The van der Waals surface area contributed by atoms with E-state index in [-0.39, 0.29) is 0 Å². The highest BCUT2D eigenvalue weighted by atomic mass is 35.5. The molecule has 2 aromatic rings. The first-order chi connectivity index (χ1) is 10.3. The molecule has 0 unspecified atom stereocenters. The van der Waals surface area contributed by atoms with Gasteiger partial charge in [-0.15, -0.1) is 10.2 Å². The third-order valence-electron chi connectivity index (χ3n) is 3.44. The molecule has 0 spiro atoms. The number of nitrogens with zero attached hydrogens (tertiary/aromatic N) is 2. The van der Waals surface area contributed by atoms with Gasteiger partial charge in [-0.05, 0) is 44.0 Å². The molecule has 0 radical (unpaired) electrons. The summed E-state index contributed by atoms with van der Waals surface area (Å²) in [5, 5.41) is 14.7. The van der Waals surface area contributed by atoms with Crippen LogP contribution < -0.4 is 10.1 Å². The molecule has 0 bridgehead atoms. The molecule has 4 nitrogen and oxygen atoms in total. The number of hydrogen-bond acceptors (Lipinski definition) is 5. The van der Waals surface area contributed by atoms with Crippen molar-refractivity contribution in [1.29, 1.82) is 0 Å². The molecule has 0 amide bonds. The van der Waals surface area contributed by atoms with E-state index in [1.807, 2.05) is 12.1 Å². The van der Waals surface area contributed by atoms with Crippen molar-refractivity contribution in [3.63, 3.8) is 0 Å². The first-order valence-electron chi connectivity index (χ1n) is 7.16. The van der Waals surface area contributed by atoms with Gasteiger partial charge in [0, 0.05) is 17.5 Å². The molecule has 0 saturated heterocycles. The predicted octanol–water partition coefficient (Wildman–Crippen LogP) is 3.55. The predicted molar refractivity (Wildman–Crippen MR) is 86.3 cm³/mol. The van der Waals surface area contributed by atoms with Gasteiger partial charge < -0.3 is 10.1 Å². The number of ether oxygens (including phenoxy) is 1. The molecule has 112 valence electrons. The molecule has 1 aromatic carbocycles. The lowest BCUT2D eigenvalue weighted by atomic mass is 10.2. The largest absolute Gasteiger partial charge is 0.496 e. The highest BCUT2D eigenvalue weighted by Gasteiger charge is 2.19. The van der Waals surface area contributed by atoms with Crippen LogP contribution in [0, 0.1) is 0 Å². The number of hydrogen-bond donors (Lipinski definition) is 1. The molecular weight excluding hydrogens is 306 g/mol. The van der Waals surface area contributed by atoms with E-state index in [2.05, 4.69) is 15.5 Å². The summed E-state index contributed by atoms with van der Waals surface area (Å²) < 4.78 is 5.37. The van der Waals surface area contributed by atoms with Gasteiger partial charge in [-0.1, -0.05) is 22.9 Å².